The molecule has 3 aromatic rings. The topological polar surface area (TPSA) is 133 Å². The summed E-state index contributed by atoms with van der Waals surface area (Å²) in [5.41, 5.74) is 2.36. The number of carboxylic acids is 1. The lowest BCUT2D eigenvalue weighted by Gasteiger charge is -2.49. The van der Waals surface area contributed by atoms with Crippen LogP contribution < -0.4 is 10.6 Å². The summed E-state index contributed by atoms with van der Waals surface area (Å²) in [6.07, 6.45) is 2.73. The smallest absolute Gasteiger partial charge is 0.326 e. The summed E-state index contributed by atoms with van der Waals surface area (Å²) >= 11 is 6.10. The third-order valence-corrected chi connectivity index (χ3v) is 10.3. The molecule has 6 rings (SSSR count). The van der Waals surface area contributed by atoms with Crippen molar-refractivity contribution in [2.75, 3.05) is 5.32 Å². The van der Waals surface area contributed by atoms with Gasteiger partial charge in [-0.15, -0.1) is 0 Å². The van der Waals surface area contributed by atoms with Crippen LogP contribution in [0, 0.1) is 12.8 Å². The molecule has 0 spiro atoms. The molecule has 0 radical (unpaired) electrons. The molecule has 2 atom stereocenters. The highest BCUT2D eigenvalue weighted by atomic mass is 35.5. The minimum Gasteiger partial charge on any atom is -0.480 e. The van der Waals surface area contributed by atoms with E-state index in [4.69, 9.17) is 11.6 Å². The number of amides is 2. The molecule has 11 heteroatoms. The predicted molar refractivity (Wildman–Crippen MR) is 159 cm³/mol. The number of aliphatic carboxylic acids is 1. The molecule has 3 N–H and O–H groups in total. The number of rotatable bonds is 9. The first-order valence-electron chi connectivity index (χ1n) is 13.8. The molecule has 2 unspecified atom stereocenters. The quantitative estimate of drug-likeness (QED) is 0.324. The summed E-state index contributed by atoms with van der Waals surface area (Å²) in [5, 5.41) is 15.7. The third-order valence-electron chi connectivity index (χ3n) is 8.07. The SMILES string of the molecule is Cc1ccc(S(=O)(=O)N2C3CCC(CC3)C2C(=O)NC(Cc2ccc(NC(=O)c3ccccc3Cl)cc2)C(=O)O)cc1. The van der Waals surface area contributed by atoms with Gasteiger partial charge in [-0.05, 0) is 80.5 Å². The third kappa shape index (κ3) is 6.21. The van der Waals surface area contributed by atoms with Crippen LogP contribution in [0.4, 0.5) is 5.69 Å². The van der Waals surface area contributed by atoms with Gasteiger partial charge in [0.15, 0.2) is 0 Å². The van der Waals surface area contributed by atoms with Gasteiger partial charge in [0, 0.05) is 18.2 Å². The highest BCUT2D eigenvalue weighted by Crippen LogP contribution is 2.42. The number of carboxylic acid groups (broad SMARTS) is 1. The lowest BCUT2D eigenvalue weighted by Crippen LogP contribution is -2.63. The monoisotopic (exact) mass is 609 g/mol. The second-order valence-corrected chi connectivity index (χ2v) is 13.1. The molecule has 3 aliphatic rings. The molecule has 9 nitrogen and oxygen atoms in total. The van der Waals surface area contributed by atoms with E-state index >= 15 is 0 Å². The predicted octanol–water partition coefficient (Wildman–Crippen LogP) is 4.64. The normalized spacial score (nSPS) is 21.0. The summed E-state index contributed by atoms with van der Waals surface area (Å²) in [5.74, 6) is -2.40. The van der Waals surface area contributed by atoms with E-state index in [0.29, 0.717) is 47.5 Å². The fraction of sp³-hybridized carbons (Fsp3) is 0.323. The number of aryl methyl sites for hydroxylation is 1. The fourth-order valence-corrected chi connectivity index (χ4v) is 7.99. The number of halogens is 1. The van der Waals surface area contributed by atoms with E-state index in [-0.39, 0.29) is 29.2 Å². The highest BCUT2D eigenvalue weighted by Gasteiger charge is 2.51. The summed E-state index contributed by atoms with van der Waals surface area (Å²) < 4.78 is 28.8. The summed E-state index contributed by atoms with van der Waals surface area (Å²) in [6.45, 7) is 1.87. The number of fused-ring (bicyclic) bond motifs is 3. The maximum Gasteiger partial charge on any atom is 0.326 e. The van der Waals surface area contributed by atoms with Gasteiger partial charge in [-0.2, -0.15) is 4.31 Å². The van der Waals surface area contributed by atoms with Gasteiger partial charge in [-0.1, -0.05) is 53.6 Å². The van der Waals surface area contributed by atoms with Crippen LogP contribution in [0.2, 0.25) is 5.02 Å². The minimum atomic E-state index is -3.97. The van der Waals surface area contributed by atoms with E-state index in [1.165, 1.54) is 4.31 Å². The van der Waals surface area contributed by atoms with Gasteiger partial charge in [-0.25, -0.2) is 13.2 Å². The van der Waals surface area contributed by atoms with Crippen molar-refractivity contribution >= 4 is 45.1 Å². The minimum absolute atomic E-state index is 0.0225. The van der Waals surface area contributed by atoms with Crippen molar-refractivity contribution in [3.63, 3.8) is 0 Å². The fourth-order valence-electron chi connectivity index (χ4n) is 5.87. The van der Waals surface area contributed by atoms with Crippen LogP contribution in [0.25, 0.3) is 0 Å². The Hall–Kier alpha value is -3.73. The molecule has 2 bridgehead atoms. The Balaban J connectivity index is 1.30. The van der Waals surface area contributed by atoms with Crippen LogP contribution >= 0.6 is 11.6 Å². The Morgan fingerprint density at radius 3 is 2.21 bits per heavy atom. The number of piperidine rings is 2. The largest absolute Gasteiger partial charge is 0.480 e. The van der Waals surface area contributed by atoms with Gasteiger partial charge < -0.3 is 15.7 Å². The number of hydrogen-bond donors (Lipinski definition) is 3. The summed E-state index contributed by atoms with van der Waals surface area (Å²) in [7, 11) is -3.97. The van der Waals surface area contributed by atoms with Crippen LogP contribution in [0.15, 0.2) is 77.7 Å². The van der Waals surface area contributed by atoms with Crippen LogP contribution in [-0.4, -0.2) is 53.7 Å². The maximum absolute atomic E-state index is 13.7. The number of nitrogens with zero attached hydrogens (tertiary/aromatic N) is 1. The van der Waals surface area contributed by atoms with Gasteiger partial charge >= 0.3 is 5.97 Å². The molecule has 2 heterocycles. The molecule has 220 valence electrons. The molecule has 3 fully saturated rings. The van der Waals surface area contributed by atoms with E-state index < -0.39 is 34.0 Å². The van der Waals surface area contributed by atoms with Gasteiger partial charge in [0.25, 0.3) is 5.91 Å². The maximum atomic E-state index is 13.7. The standard InChI is InChI=1S/C31H32ClN3O6S/c1-19-6-16-24(17-7-19)42(40,41)35-23-14-10-21(11-15-23)28(35)30(37)34-27(31(38)39)18-20-8-12-22(13-9-20)33-29(36)25-4-2-3-5-26(25)32/h2-9,12-13,16-17,21,23,27-28H,10-11,14-15,18H2,1H3,(H,33,36)(H,34,37)(H,38,39). The number of carbonyl (C=O) groups excluding carboxylic acids is 2. The zero-order chi connectivity index (χ0) is 30.0. The molecule has 2 saturated heterocycles. The van der Waals surface area contributed by atoms with Crippen molar-refractivity contribution < 1.29 is 27.9 Å². The first-order chi connectivity index (χ1) is 20.0. The van der Waals surface area contributed by atoms with Crippen LogP contribution in [0.1, 0.15) is 47.2 Å². The van der Waals surface area contributed by atoms with Crippen molar-refractivity contribution in [3.8, 4) is 0 Å². The van der Waals surface area contributed by atoms with Crippen molar-refractivity contribution in [3.05, 3.63) is 94.5 Å². The van der Waals surface area contributed by atoms with Gasteiger partial charge in [0.1, 0.15) is 12.1 Å². The lowest BCUT2D eigenvalue weighted by atomic mass is 9.76. The number of benzene rings is 3. The number of nitrogens with one attached hydrogen (secondary N) is 2. The van der Waals surface area contributed by atoms with E-state index in [1.54, 1.807) is 72.8 Å². The molecule has 1 saturated carbocycles. The van der Waals surface area contributed by atoms with Crippen molar-refractivity contribution in [2.24, 2.45) is 5.92 Å². The zero-order valence-corrected chi connectivity index (χ0v) is 24.6. The van der Waals surface area contributed by atoms with E-state index in [0.717, 1.165) is 5.56 Å². The van der Waals surface area contributed by atoms with Crippen LogP contribution in [0.3, 0.4) is 0 Å². The Morgan fingerprint density at radius 2 is 1.60 bits per heavy atom. The van der Waals surface area contributed by atoms with E-state index in [1.807, 2.05) is 6.92 Å². The average molecular weight is 610 g/mol. The van der Waals surface area contributed by atoms with Gasteiger partial charge in [0.05, 0.1) is 15.5 Å². The molecular formula is C31H32ClN3O6S. The Bertz CT molecular complexity index is 1590. The van der Waals surface area contributed by atoms with Crippen LogP contribution in [0.5, 0.6) is 0 Å². The number of anilines is 1. The average Bonchev–Trinajstić information content (AvgIpc) is 2.98. The van der Waals surface area contributed by atoms with E-state index in [2.05, 4.69) is 10.6 Å². The number of sulfonamides is 1. The van der Waals surface area contributed by atoms with Crippen molar-refractivity contribution in [1.82, 2.24) is 9.62 Å². The first kappa shape index (κ1) is 29.8. The molecular weight excluding hydrogens is 578 g/mol. The second-order valence-electron chi connectivity index (χ2n) is 10.9. The molecule has 0 aromatic heterocycles. The Morgan fingerprint density at radius 1 is 0.952 bits per heavy atom. The van der Waals surface area contributed by atoms with Crippen molar-refractivity contribution in [2.45, 2.75) is 62.0 Å². The molecule has 42 heavy (non-hydrogen) atoms. The van der Waals surface area contributed by atoms with Gasteiger partial charge in [-0.3, -0.25) is 9.59 Å². The second kappa shape index (κ2) is 12.2. The number of hydrogen-bond acceptors (Lipinski definition) is 5. The molecule has 1 aliphatic carbocycles. The highest BCUT2D eigenvalue weighted by molar-refractivity contribution is 7.89. The zero-order valence-electron chi connectivity index (χ0n) is 23.0. The van der Waals surface area contributed by atoms with Crippen molar-refractivity contribution in [1.29, 1.82) is 0 Å². The Kier molecular flexibility index (Phi) is 8.68. The lowest BCUT2D eigenvalue weighted by molar-refractivity contribution is -0.143. The van der Waals surface area contributed by atoms with Crippen LogP contribution in [-0.2, 0) is 26.0 Å². The first-order valence-corrected chi connectivity index (χ1v) is 15.6. The van der Waals surface area contributed by atoms with Gasteiger partial charge in [0.2, 0.25) is 15.9 Å². The Labute approximate surface area is 249 Å². The molecule has 2 amide bonds. The van der Waals surface area contributed by atoms with E-state index in [9.17, 15) is 27.9 Å². The molecule has 3 aromatic carbocycles. The summed E-state index contributed by atoms with van der Waals surface area (Å²) in [4.78, 5) is 38.5. The molecule has 2 aliphatic heterocycles. The summed E-state index contributed by atoms with van der Waals surface area (Å²) in [6, 6.07) is 17.2. The number of carbonyl (C=O) groups is 3.